The zero-order chi connectivity index (χ0) is 13.1. The average molecular weight is 298 g/mol. The van der Waals surface area contributed by atoms with Crippen molar-refractivity contribution >= 4 is 29.3 Å². The van der Waals surface area contributed by atoms with Gasteiger partial charge in [-0.1, -0.05) is 0 Å². The molecule has 1 N–H and O–H groups in total. The largest absolute Gasteiger partial charge is 0.354 e. The highest BCUT2D eigenvalue weighted by Crippen LogP contribution is 2.23. The SMILES string of the molecule is Clc1nc(NCC2CCSC2)nc(-n2cncn2)n1. The van der Waals surface area contributed by atoms with Gasteiger partial charge in [0.05, 0.1) is 0 Å². The Kier molecular flexibility index (Phi) is 3.79. The van der Waals surface area contributed by atoms with Crippen molar-refractivity contribution in [3.8, 4) is 5.95 Å². The first-order valence-electron chi connectivity index (χ1n) is 5.89. The van der Waals surface area contributed by atoms with E-state index in [1.54, 1.807) is 0 Å². The van der Waals surface area contributed by atoms with Gasteiger partial charge in [0.1, 0.15) is 12.7 Å². The summed E-state index contributed by atoms with van der Waals surface area (Å²) in [5.41, 5.74) is 0. The van der Waals surface area contributed by atoms with Gasteiger partial charge in [-0.3, -0.25) is 0 Å². The second kappa shape index (κ2) is 5.70. The van der Waals surface area contributed by atoms with Crippen molar-refractivity contribution in [3.05, 3.63) is 17.9 Å². The van der Waals surface area contributed by atoms with Crippen LogP contribution in [-0.4, -0.2) is 47.8 Å². The number of aromatic nitrogens is 6. The second-order valence-electron chi connectivity index (χ2n) is 4.18. The Bertz CT molecular complexity index is 541. The Morgan fingerprint density at radius 3 is 3.11 bits per heavy atom. The summed E-state index contributed by atoms with van der Waals surface area (Å²) in [6, 6.07) is 0. The van der Waals surface area contributed by atoms with Crippen molar-refractivity contribution in [1.82, 2.24) is 29.7 Å². The third-order valence-electron chi connectivity index (χ3n) is 2.79. The van der Waals surface area contributed by atoms with Gasteiger partial charge in [-0.05, 0) is 35.4 Å². The summed E-state index contributed by atoms with van der Waals surface area (Å²) in [6.45, 7) is 0.851. The summed E-state index contributed by atoms with van der Waals surface area (Å²) in [5, 5.41) is 7.32. The minimum absolute atomic E-state index is 0.142. The van der Waals surface area contributed by atoms with Crippen LogP contribution in [0.2, 0.25) is 5.28 Å². The van der Waals surface area contributed by atoms with E-state index in [9.17, 15) is 0 Å². The zero-order valence-electron chi connectivity index (χ0n) is 10.0. The van der Waals surface area contributed by atoms with E-state index in [4.69, 9.17) is 11.6 Å². The summed E-state index contributed by atoms with van der Waals surface area (Å²) in [7, 11) is 0. The number of thioether (sulfide) groups is 1. The lowest BCUT2D eigenvalue weighted by molar-refractivity contribution is 0.628. The van der Waals surface area contributed by atoms with Crippen LogP contribution < -0.4 is 5.32 Å². The first kappa shape index (κ1) is 12.6. The average Bonchev–Trinajstić information content (AvgIpc) is 3.09. The molecule has 0 saturated carbocycles. The Morgan fingerprint density at radius 2 is 2.37 bits per heavy atom. The first-order chi connectivity index (χ1) is 9.31. The van der Waals surface area contributed by atoms with Crippen molar-refractivity contribution in [2.75, 3.05) is 23.4 Å². The maximum Gasteiger partial charge on any atom is 0.258 e. The monoisotopic (exact) mass is 297 g/mol. The molecule has 1 unspecified atom stereocenters. The van der Waals surface area contributed by atoms with E-state index < -0.39 is 0 Å². The summed E-state index contributed by atoms with van der Waals surface area (Å²) in [5.74, 6) is 3.91. The van der Waals surface area contributed by atoms with Crippen molar-refractivity contribution in [1.29, 1.82) is 0 Å². The summed E-state index contributed by atoms with van der Waals surface area (Å²) < 4.78 is 1.45. The summed E-state index contributed by atoms with van der Waals surface area (Å²) >= 11 is 7.87. The highest BCUT2D eigenvalue weighted by Gasteiger charge is 2.16. The molecule has 1 aliphatic heterocycles. The van der Waals surface area contributed by atoms with Crippen molar-refractivity contribution in [2.24, 2.45) is 5.92 Å². The van der Waals surface area contributed by atoms with Gasteiger partial charge in [-0.25, -0.2) is 4.98 Å². The molecule has 0 radical (unpaired) electrons. The lowest BCUT2D eigenvalue weighted by Gasteiger charge is -2.10. The predicted octanol–water partition coefficient (Wildman–Crippen LogP) is 1.27. The van der Waals surface area contributed by atoms with Crippen LogP contribution >= 0.6 is 23.4 Å². The molecule has 0 bridgehead atoms. The lowest BCUT2D eigenvalue weighted by Crippen LogP contribution is -2.16. The number of nitrogens with one attached hydrogen (secondary N) is 1. The number of rotatable bonds is 4. The first-order valence-corrected chi connectivity index (χ1v) is 7.43. The van der Waals surface area contributed by atoms with Crippen LogP contribution in [0.4, 0.5) is 5.95 Å². The van der Waals surface area contributed by atoms with Crippen LogP contribution in [0.25, 0.3) is 5.95 Å². The van der Waals surface area contributed by atoms with Crippen molar-refractivity contribution in [3.63, 3.8) is 0 Å². The van der Waals surface area contributed by atoms with Crippen LogP contribution in [0.3, 0.4) is 0 Å². The second-order valence-corrected chi connectivity index (χ2v) is 5.67. The molecule has 100 valence electrons. The van der Waals surface area contributed by atoms with E-state index in [0.29, 0.717) is 17.8 Å². The van der Waals surface area contributed by atoms with Crippen LogP contribution in [0.1, 0.15) is 6.42 Å². The number of nitrogens with zero attached hydrogens (tertiary/aromatic N) is 6. The molecule has 0 spiro atoms. The molecule has 3 heterocycles. The Labute approximate surface area is 119 Å². The molecule has 7 nitrogen and oxygen atoms in total. The quantitative estimate of drug-likeness (QED) is 0.910. The molecule has 19 heavy (non-hydrogen) atoms. The minimum atomic E-state index is 0.142. The van der Waals surface area contributed by atoms with Gasteiger partial charge in [-0.2, -0.15) is 36.5 Å². The number of halogens is 1. The highest BCUT2D eigenvalue weighted by atomic mass is 35.5. The van der Waals surface area contributed by atoms with Gasteiger partial charge >= 0.3 is 0 Å². The minimum Gasteiger partial charge on any atom is -0.354 e. The standard InChI is InChI=1S/C10H12ClN7S/c11-8-15-9(13-3-7-1-2-19-4-7)17-10(16-8)18-6-12-5-14-18/h5-7H,1-4H2,(H,13,15,16,17). The summed E-state index contributed by atoms with van der Waals surface area (Å²) in [4.78, 5) is 16.2. The molecule has 0 amide bonds. The Balaban J connectivity index is 1.74. The van der Waals surface area contributed by atoms with Gasteiger partial charge in [0.25, 0.3) is 5.95 Å². The van der Waals surface area contributed by atoms with Gasteiger partial charge < -0.3 is 5.32 Å². The maximum atomic E-state index is 5.89. The van der Waals surface area contributed by atoms with Crippen LogP contribution in [0, 0.1) is 5.92 Å². The van der Waals surface area contributed by atoms with E-state index in [1.165, 1.54) is 35.3 Å². The van der Waals surface area contributed by atoms with Gasteiger partial charge in [-0.15, -0.1) is 0 Å². The number of hydrogen-bond acceptors (Lipinski definition) is 7. The molecule has 9 heteroatoms. The fourth-order valence-electron chi connectivity index (χ4n) is 1.81. The molecule has 1 aliphatic rings. The van der Waals surface area contributed by atoms with Crippen molar-refractivity contribution < 1.29 is 0 Å². The van der Waals surface area contributed by atoms with Crippen molar-refractivity contribution in [2.45, 2.75) is 6.42 Å². The van der Waals surface area contributed by atoms with Crippen LogP contribution in [0.5, 0.6) is 0 Å². The molecule has 2 aromatic heterocycles. The fourth-order valence-corrected chi connectivity index (χ4v) is 3.25. The van der Waals surface area contributed by atoms with E-state index in [0.717, 1.165) is 6.54 Å². The molecular weight excluding hydrogens is 286 g/mol. The predicted molar refractivity (Wildman–Crippen MR) is 73.7 cm³/mol. The Hall–Kier alpha value is -1.41. The molecule has 2 aromatic rings. The van der Waals surface area contributed by atoms with E-state index >= 15 is 0 Å². The molecule has 1 atom stereocenters. The molecule has 0 aromatic carbocycles. The summed E-state index contributed by atoms with van der Waals surface area (Å²) in [6.07, 6.45) is 4.16. The molecular formula is C10H12ClN7S. The molecule has 3 rings (SSSR count). The topological polar surface area (TPSA) is 81.4 Å². The normalized spacial score (nSPS) is 18.7. The maximum absolute atomic E-state index is 5.89. The van der Waals surface area contributed by atoms with Crippen LogP contribution in [-0.2, 0) is 0 Å². The smallest absolute Gasteiger partial charge is 0.258 e. The molecule has 0 aliphatic carbocycles. The number of anilines is 1. The number of hydrogen-bond donors (Lipinski definition) is 1. The third-order valence-corrected chi connectivity index (χ3v) is 4.19. The van der Waals surface area contributed by atoms with Gasteiger partial charge in [0, 0.05) is 6.54 Å². The lowest BCUT2D eigenvalue weighted by atomic mass is 10.1. The zero-order valence-corrected chi connectivity index (χ0v) is 11.6. The highest BCUT2D eigenvalue weighted by molar-refractivity contribution is 7.99. The fraction of sp³-hybridized carbons (Fsp3) is 0.500. The molecule has 1 fully saturated rings. The third kappa shape index (κ3) is 3.13. The molecule has 1 saturated heterocycles. The van der Waals surface area contributed by atoms with E-state index in [1.807, 2.05) is 11.8 Å². The van der Waals surface area contributed by atoms with Gasteiger partial charge in [0.2, 0.25) is 11.2 Å². The van der Waals surface area contributed by atoms with E-state index in [-0.39, 0.29) is 5.28 Å². The van der Waals surface area contributed by atoms with E-state index in [2.05, 4.69) is 30.4 Å². The Morgan fingerprint density at radius 1 is 1.42 bits per heavy atom. The van der Waals surface area contributed by atoms with Gasteiger partial charge in [0.15, 0.2) is 0 Å². The van der Waals surface area contributed by atoms with Crippen LogP contribution in [0.15, 0.2) is 12.7 Å².